The van der Waals surface area contributed by atoms with E-state index >= 15 is 0 Å². The van der Waals surface area contributed by atoms with Crippen molar-refractivity contribution in [2.45, 2.75) is 31.7 Å². The Kier molecular flexibility index (Phi) is 3.89. The van der Waals surface area contributed by atoms with E-state index in [1.165, 1.54) is 23.3 Å². The number of rotatable bonds is 1. The van der Waals surface area contributed by atoms with Gasteiger partial charge in [-0.05, 0) is 31.2 Å². The molecule has 3 aliphatic rings. The first kappa shape index (κ1) is 15.1. The van der Waals surface area contributed by atoms with Gasteiger partial charge < -0.3 is 9.80 Å². The maximum atomic E-state index is 13.0. The molecule has 2 aliphatic heterocycles. The van der Waals surface area contributed by atoms with Gasteiger partial charge in [0.2, 0.25) is 5.91 Å². The Hall–Kier alpha value is -1.40. The van der Waals surface area contributed by atoms with E-state index in [1.807, 2.05) is 17.3 Å². The summed E-state index contributed by atoms with van der Waals surface area (Å²) in [7, 11) is 1.86. The monoisotopic (exact) mass is 333 g/mol. The number of fused-ring (bicyclic) bond motifs is 2. The largest absolute Gasteiger partial charge is 0.343 e. The third-order valence-corrected chi connectivity index (χ3v) is 6.54. The number of piperazine rings is 2. The molecule has 0 spiro atoms. The zero-order valence-corrected chi connectivity index (χ0v) is 14.4. The standard InChI is InChI=1S/C17H23N3O2S/c1-18-6-7-19-8-9-20(10-14(19)17(18)22)16(21)13-11-23-15-5-3-2-4-12(13)15/h11,14H,2-10H2,1H3/t14-/m0/s1. The van der Waals surface area contributed by atoms with E-state index in [0.29, 0.717) is 6.54 Å². The maximum Gasteiger partial charge on any atom is 0.255 e. The second-order valence-corrected chi connectivity index (χ2v) is 7.79. The van der Waals surface area contributed by atoms with Crippen molar-refractivity contribution in [3.05, 3.63) is 21.4 Å². The number of aryl methyl sites for hydroxylation is 1. The van der Waals surface area contributed by atoms with Gasteiger partial charge in [-0.2, -0.15) is 0 Å². The number of likely N-dealkylation sites (N-methyl/N-ethyl adjacent to an activating group) is 1. The summed E-state index contributed by atoms with van der Waals surface area (Å²) in [5.41, 5.74) is 2.18. The van der Waals surface area contributed by atoms with E-state index in [9.17, 15) is 9.59 Å². The van der Waals surface area contributed by atoms with Crippen LogP contribution >= 0.6 is 11.3 Å². The first-order chi connectivity index (χ1) is 11.1. The summed E-state index contributed by atoms with van der Waals surface area (Å²) >= 11 is 1.73. The van der Waals surface area contributed by atoms with Crippen molar-refractivity contribution in [1.29, 1.82) is 0 Å². The molecule has 0 radical (unpaired) electrons. The second-order valence-electron chi connectivity index (χ2n) is 6.82. The molecule has 2 fully saturated rings. The van der Waals surface area contributed by atoms with Crippen LogP contribution in [-0.2, 0) is 17.6 Å². The van der Waals surface area contributed by atoms with Crippen LogP contribution in [0.1, 0.15) is 33.6 Å². The Bertz CT molecular complexity index is 642. The molecule has 1 aliphatic carbocycles. The Labute approximate surface area is 140 Å². The molecule has 1 aromatic heterocycles. The lowest BCUT2D eigenvalue weighted by atomic mass is 9.95. The van der Waals surface area contributed by atoms with Crippen LogP contribution < -0.4 is 0 Å². The smallest absolute Gasteiger partial charge is 0.255 e. The Balaban J connectivity index is 1.53. The van der Waals surface area contributed by atoms with Gasteiger partial charge in [0.25, 0.3) is 5.91 Å². The molecule has 23 heavy (non-hydrogen) atoms. The van der Waals surface area contributed by atoms with Crippen molar-refractivity contribution in [2.75, 3.05) is 39.8 Å². The van der Waals surface area contributed by atoms with Crippen LogP contribution in [0.2, 0.25) is 0 Å². The summed E-state index contributed by atoms with van der Waals surface area (Å²) in [5.74, 6) is 0.283. The van der Waals surface area contributed by atoms with Crippen LogP contribution in [0.3, 0.4) is 0 Å². The summed E-state index contributed by atoms with van der Waals surface area (Å²) in [5, 5.41) is 2.04. The predicted molar refractivity (Wildman–Crippen MR) is 89.9 cm³/mol. The first-order valence-electron chi connectivity index (χ1n) is 8.52. The highest BCUT2D eigenvalue weighted by Crippen LogP contribution is 2.31. The van der Waals surface area contributed by atoms with Crippen molar-refractivity contribution in [3.63, 3.8) is 0 Å². The van der Waals surface area contributed by atoms with Crippen molar-refractivity contribution < 1.29 is 9.59 Å². The lowest BCUT2D eigenvalue weighted by Crippen LogP contribution is -2.64. The molecule has 0 N–H and O–H groups in total. The average Bonchev–Trinajstić information content (AvgIpc) is 3.01. The Morgan fingerprint density at radius 1 is 1.17 bits per heavy atom. The third-order valence-electron chi connectivity index (χ3n) is 5.45. The molecule has 1 aromatic rings. The van der Waals surface area contributed by atoms with E-state index < -0.39 is 0 Å². The zero-order valence-electron chi connectivity index (χ0n) is 13.6. The van der Waals surface area contributed by atoms with Gasteiger partial charge in [0.15, 0.2) is 0 Å². The molecule has 2 saturated heterocycles. The number of thiophene rings is 1. The van der Waals surface area contributed by atoms with E-state index in [-0.39, 0.29) is 17.9 Å². The predicted octanol–water partition coefficient (Wildman–Crippen LogP) is 1.23. The minimum absolute atomic E-state index is 0.130. The highest BCUT2D eigenvalue weighted by atomic mass is 32.1. The molecule has 6 heteroatoms. The summed E-state index contributed by atoms with van der Waals surface area (Å²) in [4.78, 5) is 32.7. The number of carbonyl (C=O) groups excluding carboxylic acids is 2. The molecule has 1 atom stereocenters. The SMILES string of the molecule is CN1CCN2CCN(C(=O)c3csc4c3CCCC4)C[C@H]2C1=O. The topological polar surface area (TPSA) is 43.9 Å². The molecule has 124 valence electrons. The Morgan fingerprint density at radius 2 is 1.96 bits per heavy atom. The number of hydrogen-bond acceptors (Lipinski definition) is 4. The van der Waals surface area contributed by atoms with Gasteiger partial charge in [-0.15, -0.1) is 11.3 Å². The quantitative estimate of drug-likeness (QED) is 0.776. The summed E-state index contributed by atoms with van der Waals surface area (Å²) < 4.78 is 0. The fraction of sp³-hybridized carbons (Fsp3) is 0.647. The molecule has 2 amide bonds. The normalized spacial score (nSPS) is 25.3. The van der Waals surface area contributed by atoms with Crippen molar-refractivity contribution >= 4 is 23.2 Å². The van der Waals surface area contributed by atoms with Crippen molar-refractivity contribution in [1.82, 2.24) is 14.7 Å². The van der Waals surface area contributed by atoms with Gasteiger partial charge in [-0.25, -0.2) is 0 Å². The van der Waals surface area contributed by atoms with Gasteiger partial charge in [-0.3, -0.25) is 14.5 Å². The van der Waals surface area contributed by atoms with Crippen LogP contribution in [0.5, 0.6) is 0 Å². The fourth-order valence-electron chi connectivity index (χ4n) is 3.99. The van der Waals surface area contributed by atoms with E-state index in [4.69, 9.17) is 0 Å². The minimum atomic E-state index is -0.152. The molecule has 5 nitrogen and oxygen atoms in total. The van der Waals surface area contributed by atoms with Crippen LogP contribution in [0.4, 0.5) is 0 Å². The number of nitrogens with zero attached hydrogens (tertiary/aromatic N) is 3. The summed E-state index contributed by atoms with van der Waals surface area (Å²) in [6.45, 7) is 3.79. The van der Waals surface area contributed by atoms with Gasteiger partial charge in [0.05, 0.1) is 5.56 Å². The molecule has 0 saturated carbocycles. The number of hydrogen-bond donors (Lipinski definition) is 0. The first-order valence-corrected chi connectivity index (χ1v) is 9.40. The molecule has 0 bridgehead atoms. The van der Waals surface area contributed by atoms with Gasteiger partial charge in [0.1, 0.15) is 6.04 Å². The average molecular weight is 333 g/mol. The van der Waals surface area contributed by atoms with Crippen LogP contribution in [0, 0.1) is 0 Å². The highest BCUT2D eigenvalue weighted by molar-refractivity contribution is 7.10. The lowest BCUT2D eigenvalue weighted by molar-refractivity contribution is -0.142. The maximum absolute atomic E-state index is 13.0. The van der Waals surface area contributed by atoms with E-state index in [0.717, 1.165) is 44.6 Å². The van der Waals surface area contributed by atoms with Crippen LogP contribution in [-0.4, -0.2) is 72.3 Å². The summed E-state index contributed by atoms with van der Waals surface area (Å²) in [6.07, 6.45) is 4.57. The molecular weight excluding hydrogens is 310 g/mol. The van der Waals surface area contributed by atoms with Crippen molar-refractivity contribution in [2.24, 2.45) is 0 Å². The van der Waals surface area contributed by atoms with E-state index in [2.05, 4.69) is 4.90 Å². The Morgan fingerprint density at radius 3 is 2.83 bits per heavy atom. The fourth-order valence-corrected chi connectivity index (χ4v) is 5.11. The highest BCUT2D eigenvalue weighted by Gasteiger charge is 2.39. The summed E-state index contributed by atoms with van der Waals surface area (Å²) in [6, 6.07) is -0.152. The van der Waals surface area contributed by atoms with Gasteiger partial charge >= 0.3 is 0 Å². The van der Waals surface area contributed by atoms with Crippen LogP contribution in [0.25, 0.3) is 0 Å². The molecule has 4 rings (SSSR count). The third kappa shape index (κ3) is 2.58. The van der Waals surface area contributed by atoms with Gasteiger partial charge in [-0.1, -0.05) is 0 Å². The number of carbonyl (C=O) groups is 2. The molecular formula is C17H23N3O2S. The second kappa shape index (κ2) is 5.91. The minimum Gasteiger partial charge on any atom is -0.343 e. The zero-order chi connectivity index (χ0) is 16.0. The molecule has 0 aromatic carbocycles. The van der Waals surface area contributed by atoms with Gasteiger partial charge in [0, 0.05) is 50.0 Å². The van der Waals surface area contributed by atoms with Crippen molar-refractivity contribution in [3.8, 4) is 0 Å². The number of amides is 2. The molecule has 3 heterocycles. The van der Waals surface area contributed by atoms with Crippen LogP contribution in [0.15, 0.2) is 5.38 Å². The van der Waals surface area contributed by atoms with E-state index in [1.54, 1.807) is 16.2 Å². The lowest BCUT2D eigenvalue weighted by Gasteiger charge is -2.45. The molecule has 0 unspecified atom stereocenters.